The van der Waals surface area contributed by atoms with E-state index in [2.05, 4.69) is 4.98 Å². The molecule has 0 saturated carbocycles. The quantitative estimate of drug-likeness (QED) is 0.889. The lowest BCUT2D eigenvalue weighted by atomic mass is 10.2. The van der Waals surface area contributed by atoms with E-state index in [1.807, 2.05) is 0 Å². The van der Waals surface area contributed by atoms with Crippen molar-refractivity contribution in [1.29, 1.82) is 0 Å². The van der Waals surface area contributed by atoms with Crippen LogP contribution in [0.25, 0.3) is 11.4 Å². The summed E-state index contributed by atoms with van der Waals surface area (Å²) >= 11 is 5.96. The van der Waals surface area contributed by atoms with E-state index in [9.17, 15) is 9.50 Å². The minimum Gasteiger partial charge on any atom is -0.394 e. The highest BCUT2D eigenvalue weighted by molar-refractivity contribution is 6.33. The van der Waals surface area contributed by atoms with Crippen LogP contribution in [0.4, 0.5) is 4.39 Å². The standard InChI is InChI=1S/C12H12ClFN2O2/c13-9-2-1-3-10(14)11(9)12-15-4-5-16(12)6-8(18)7-17/h1-5,8,17-18H,6-7H2. The lowest BCUT2D eigenvalue weighted by Gasteiger charge is -2.12. The van der Waals surface area contributed by atoms with Gasteiger partial charge in [-0.25, -0.2) is 9.37 Å². The van der Waals surface area contributed by atoms with E-state index in [4.69, 9.17) is 16.7 Å². The Morgan fingerprint density at radius 2 is 2.22 bits per heavy atom. The summed E-state index contributed by atoms with van der Waals surface area (Å²) in [5.41, 5.74) is 0.189. The lowest BCUT2D eigenvalue weighted by molar-refractivity contribution is 0.0815. The van der Waals surface area contributed by atoms with Gasteiger partial charge in [0.05, 0.1) is 29.8 Å². The summed E-state index contributed by atoms with van der Waals surface area (Å²) < 4.78 is 15.3. The molecule has 0 bridgehead atoms. The third-order valence-electron chi connectivity index (χ3n) is 2.52. The van der Waals surface area contributed by atoms with Crippen molar-refractivity contribution in [3.8, 4) is 11.4 Å². The van der Waals surface area contributed by atoms with E-state index < -0.39 is 11.9 Å². The van der Waals surface area contributed by atoms with Gasteiger partial charge in [0.2, 0.25) is 0 Å². The highest BCUT2D eigenvalue weighted by Crippen LogP contribution is 2.29. The maximum Gasteiger partial charge on any atom is 0.144 e. The Morgan fingerprint density at radius 1 is 1.44 bits per heavy atom. The van der Waals surface area contributed by atoms with Gasteiger partial charge in [0.15, 0.2) is 0 Å². The molecule has 0 radical (unpaired) electrons. The van der Waals surface area contributed by atoms with Crippen molar-refractivity contribution < 1.29 is 14.6 Å². The summed E-state index contributed by atoms with van der Waals surface area (Å²) in [5, 5.41) is 18.5. The molecule has 96 valence electrons. The first-order chi connectivity index (χ1) is 8.63. The fourth-order valence-electron chi connectivity index (χ4n) is 1.68. The van der Waals surface area contributed by atoms with Gasteiger partial charge in [-0.15, -0.1) is 0 Å². The normalized spacial score (nSPS) is 12.7. The molecule has 1 aromatic carbocycles. The van der Waals surface area contributed by atoms with Gasteiger partial charge >= 0.3 is 0 Å². The molecule has 2 N–H and O–H groups in total. The Morgan fingerprint density at radius 3 is 2.89 bits per heavy atom. The van der Waals surface area contributed by atoms with Crippen molar-refractivity contribution >= 4 is 11.6 Å². The fourth-order valence-corrected chi connectivity index (χ4v) is 1.93. The Hall–Kier alpha value is -1.43. The molecule has 0 saturated heterocycles. The number of halogens is 2. The molecule has 0 amide bonds. The van der Waals surface area contributed by atoms with Gasteiger partial charge in [-0.2, -0.15) is 0 Å². The van der Waals surface area contributed by atoms with Crippen molar-refractivity contribution in [1.82, 2.24) is 9.55 Å². The van der Waals surface area contributed by atoms with Crippen LogP contribution in [-0.2, 0) is 6.54 Å². The predicted octanol–water partition coefficient (Wildman–Crippen LogP) is 1.70. The summed E-state index contributed by atoms with van der Waals surface area (Å²) in [6.45, 7) is -0.251. The fraction of sp³-hybridized carbons (Fsp3) is 0.250. The predicted molar refractivity (Wildman–Crippen MR) is 65.7 cm³/mol. The van der Waals surface area contributed by atoms with Crippen molar-refractivity contribution in [3.05, 3.63) is 41.4 Å². The number of benzene rings is 1. The molecule has 4 nitrogen and oxygen atoms in total. The Balaban J connectivity index is 2.43. The monoisotopic (exact) mass is 270 g/mol. The van der Waals surface area contributed by atoms with Crippen molar-refractivity contribution in [3.63, 3.8) is 0 Å². The topological polar surface area (TPSA) is 58.3 Å². The number of imidazole rings is 1. The average Bonchev–Trinajstić information content (AvgIpc) is 2.77. The molecule has 18 heavy (non-hydrogen) atoms. The van der Waals surface area contributed by atoms with Gasteiger partial charge in [0.1, 0.15) is 11.6 Å². The van der Waals surface area contributed by atoms with Gasteiger partial charge in [0.25, 0.3) is 0 Å². The average molecular weight is 271 g/mol. The van der Waals surface area contributed by atoms with Crippen LogP contribution in [0, 0.1) is 5.82 Å². The zero-order valence-corrected chi connectivity index (χ0v) is 10.2. The molecule has 1 aromatic heterocycles. The molecule has 1 unspecified atom stereocenters. The van der Waals surface area contributed by atoms with Gasteiger partial charge in [-0.1, -0.05) is 17.7 Å². The Kier molecular flexibility index (Phi) is 3.96. The zero-order valence-electron chi connectivity index (χ0n) is 9.42. The highest BCUT2D eigenvalue weighted by atomic mass is 35.5. The molecule has 1 heterocycles. The molecule has 0 aliphatic heterocycles. The van der Waals surface area contributed by atoms with E-state index in [0.29, 0.717) is 5.82 Å². The van der Waals surface area contributed by atoms with Crippen molar-refractivity contribution in [2.45, 2.75) is 12.6 Å². The first kappa shape index (κ1) is 13.0. The molecule has 0 spiro atoms. The van der Waals surface area contributed by atoms with Crippen LogP contribution in [-0.4, -0.2) is 32.5 Å². The molecule has 0 aliphatic rings. The molecule has 1 atom stereocenters. The summed E-state index contributed by atoms with van der Waals surface area (Å²) in [6.07, 6.45) is 2.16. The Labute approximate surface area is 108 Å². The van der Waals surface area contributed by atoms with E-state index in [0.717, 1.165) is 0 Å². The van der Waals surface area contributed by atoms with Crippen LogP contribution >= 0.6 is 11.6 Å². The summed E-state index contributed by atoms with van der Waals surface area (Å²) in [4.78, 5) is 4.04. The number of rotatable bonds is 4. The van der Waals surface area contributed by atoms with Crippen LogP contribution in [0.2, 0.25) is 5.02 Å². The van der Waals surface area contributed by atoms with Gasteiger partial charge in [-0.05, 0) is 12.1 Å². The number of aromatic nitrogens is 2. The first-order valence-electron chi connectivity index (χ1n) is 5.38. The summed E-state index contributed by atoms with van der Waals surface area (Å²) in [7, 11) is 0. The van der Waals surface area contributed by atoms with Crippen LogP contribution in [0.1, 0.15) is 0 Å². The third-order valence-corrected chi connectivity index (χ3v) is 2.84. The SMILES string of the molecule is OCC(O)Cn1ccnc1-c1c(F)cccc1Cl. The largest absolute Gasteiger partial charge is 0.394 e. The third kappa shape index (κ3) is 2.53. The van der Waals surface area contributed by atoms with Crippen molar-refractivity contribution in [2.24, 2.45) is 0 Å². The second-order valence-electron chi connectivity index (χ2n) is 3.84. The number of hydrogen-bond acceptors (Lipinski definition) is 3. The highest BCUT2D eigenvalue weighted by Gasteiger charge is 2.16. The van der Waals surface area contributed by atoms with E-state index in [-0.39, 0.29) is 23.7 Å². The number of hydrogen-bond donors (Lipinski definition) is 2. The van der Waals surface area contributed by atoms with Gasteiger partial charge in [-0.3, -0.25) is 0 Å². The maximum atomic E-state index is 13.8. The van der Waals surface area contributed by atoms with Crippen molar-refractivity contribution in [2.75, 3.05) is 6.61 Å². The molecule has 2 aromatic rings. The molecule has 0 fully saturated rings. The van der Waals surface area contributed by atoms with E-state index in [1.54, 1.807) is 16.8 Å². The van der Waals surface area contributed by atoms with Crippen LogP contribution < -0.4 is 0 Å². The number of aliphatic hydroxyl groups is 2. The molecular formula is C12H12ClFN2O2. The molecule has 2 rings (SSSR count). The Bertz CT molecular complexity index is 524. The van der Waals surface area contributed by atoms with Crippen LogP contribution in [0.15, 0.2) is 30.6 Å². The first-order valence-corrected chi connectivity index (χ1v) is 5.75. The molecule has 0 aliphatic carbocycles. The van der Waals surface area contributed by atoms with Gasteiger partial charge < -0.3 is 14.8 Å². The minimum absolute atomic E-state index is 0.122. The second-order valence-corrected chi connectivity index (χ2v) is 4.24. The smallest absolute Gasteiger partial charge is 0.144 e. The zero-order chi connectivity index (χ0) is 13.1. The summed E-state index contributed by atoms with van der Waals surface area (Å²) in [5.74, 6) is -0.154. The minimum atomic E-state index is -0.927. The number of nitrogens with zero attached hydrogens (tertiary/aromatic N) is 2. The summed E-state index contributed by atoms with van der Waals surface area (Å²) in [6, 6.07) is 4.38. The van der Waals surface area contributed by atoms with Crippen LogP contribution in [0.5, 0.6) is 0 Å². The maximum absolute atomic E-state index is 13.8. The lowest BCUT2D eigenvalue weighted by Crippen LogP contribution is -2.20. The van der Waals surface area contributed by atoms with E-state index >= 15 is 0 Å². The molecular weight excluding hydrogens is 259 g/mol. The van der Waals surface area contributed by atoms with E-state index in [1.165, 1.54) is 18.3 Å². The van der Waals surface area contributed by atoms with Crippen LogP contribution in [0.3, 0.4) is 0 Å². The van der Waals surface area contributed by atoms with Gasteiger partial charge in [0, 0.05) is 12.4 Å². The number of aliphatic hydroxyl groups excluding tert-OH is 2. The second kappa shape index (κ2) is 5.48. The molecule has 6 heteroatoms.